The summed E-state index contributed by atoms with van der Waals surface area (Å²) >= 11 is 0. The Kier molecular flexibility index (Phi) is 4.10. The van der Waals surface area contributed by atoms with Gasteiger partial charge in [0.1, 0.15) is 0 Å². The molecule has 0 bridgehead atoms. The molecule has 0 saturated carbocycles. The minimum atomic E-state index is -0.191. The van der Waals surface area contributed by atoms with E-state index in [-0.39, 0.29) is 12.1 Å². The minimum absolute atomic E-state index is 0.0170. The van der Waals surface area contributed by atoms with E-state index in [9.17, 15) is 4.79 Å². The Labute approximate surface area is 141 Å². The van der Waals surface area contributed by atoms with Gasteiger partial charge in [-0.3, -0.25) is 4.40 Å². The number of aromatic nitrogens is 3. The molecule has 2 aliphatic heterocycles. The number of nitrogens with one attached hydrogen (secondary N) is 1. The number of carbonyl (C=O) groups is 1. The highest BCUT2D eigenvalue weighted by Gasteiger charge is 2.34. The first-order valence-electron chi connectivity index (χ1n) is 8.65. The van der Waals surface area contributed by atoms with E-state index in [0.29, 0.717) is 11.8 Å². The van der Waals surface area contributed by atoms with E-state index in [2.05, 4.69) is 15.5 Å². The van der Waals surface area contributed by atoms with Gasteiger partial charge in [-0.25, -0.2) is 4.79 Å². The van der Waals surface area contributed by atoms with Crippen molar-refractivity contribution in [1.82, 2.24) is 24.8 Å². The van der Waals surface area contributed by atoms with E-state index in [4.69, 9.17) is 4.74 Å². The van der Waals surface area contributed by atoms with Gasteiger partial charge >= 0.3 is 6.03 Å². The first-order chi connectivity index (χ1) is 11.7. The predicted molar refractivity (Wildman–Crippen MR) is 88.5 cm³/mol. The maximum absolute atomic E-state index is 12.6. The summed E-state index contributed by atoms with van der Waals surface area (Å²) in [6.45, 7) is 5.31. The van der Waals surface area contributed by atoms with E-state index in [1.54, 1.807) is 0 Å². The fraction of sp³-hybridized carbons (Fsp3) is 0.588. The fourth-order valence-corrected chi connectivity index (χ4v) is 3.78. The third-order valence-corrected chi connectivity index (χ3v) is 5.21. The minimum Gasteiger partial charge on any atom is -0.381 e. The molecule has 2 amide bonds. The van der Waals surface area contributed by atoms with E-state index in [0.717, 1.165) is 50.6 Å². The number of pyridine rings is 1. The van der Waals surface area contributed by atoms with Crippen LogP contribution < -0.4 is 5.32 Å². The highest BCUT2D eigenvalue weighted by atomic mass is 16.5. The van der Waals surface area contributed by atoms with Crippen LogP contribution in [0.5, 0.6) is 0 Å². The second kappa shape index (κ2) is 6.39. The lowest BCUT2D eigenvalue weighted by Crippen LogP contribution is -2.40. The summed E-state index contributed by atoms with van der Waals surface area (Å²) in [6.07, 6.45) is 4.12. The predicted octanol–water partition coefficient (Wildman–Crippen LogP) is 1.86. The topological polar surface area (TPSA) is 71.8 Å². The molecule has 2 fully saturated rings. The molecule has 0 radical (unpaired) electrons. The number of fused-ring (bicyclic) bond motifs is 1. The second-order valence-corrected chi connectivity index (χ2v) is 6.78. The standard InChI is InChI=1S/C17H23N5O2/c1-12(16-20-19-15-4-2-3-7-22(15)16)18-17(23)21-8-5-13(10-21)14-6-9-24-11-14/h2-4,7,12-14H,5-6,8-11H2,1H3,(H,18,23). The van der Waals surface area contributed by atoms with Crippen molar-refractivity contribution in [3.8, 4) is 0 Å². The fourth-order valence-electron chi connectivity index (χ4n) is 3.78. The Morgan fingerprint density at radius 3 is 3.08 bits per heavy atom. The van der Waals surface area contributed by atoms with Crippen LogP contribution in [0.1, 0.15) is 31.6 Å². The highest BCUT2D eigenvalue weighted by Crippen LogP contribution is 2.30. The Bertz CT molecular complexity index is 725. The van der Waals surface area contributed by atoms with Crippen molar-refractivity contribution >= 4 is 11.7 Å². The number of ether oxygens (including phenoxy) is 1. The maximum Gasteiger partial charge on any atom is 0.317 e. The van der Waals surface area contributed by atoms with Gasteiger partial charge in [-0.05, 0) is 43.7 Å². The first kappa shape index (κ1) is 15.4. The van der Waals surface area contributed by atoms with Crippen molar-refractivity contribution in [3.05, 3.63) is 30.2 Å². The molecule has 4 rings (SSSR count). The maximum atomic E-state index is 12.6. The second-order valence-electron chi connectivity index (χ2n) is 6.78. The molecule has 4 heterocycles. The van der Waals surface area contributed by atoms with Crippen molar-refractivity contribution in [3.63, 3.8) is 0 Å². The molecule has 7 heteroatoms. The first-order valence-corrected chi connectivity index (χ1v) is 8.65. The summed E-state index contributed by atoms with van der Waals surface area (Å²) in [4.78, 5) is 14.5. The van der Waals surface area contributed by atoms with Crippen LogP contribution >= 0.6 is 0 Å². The Morgan fingerprint density at radius 1 is 1.33 bits per heavy atom. The van der Waals surface area contributed by atoms with Crippen molar-refractivity contribution in [2.75, 3.05) is 26.3 Å². The normalized spacial score (nSPS) is 25.3. The monoisotopic (exact) mass is 329 g/mol. The van der Waals surface area contributed by atoms with Crippen LogP contribution in [0.25, 0.3) is 5.65 Å². The molecule has 0 aromatic carbocycles. The van der Waals surface area contributed by atoms with Gasteiger partial charge in [0.15, 0.2) is 11.5 Å². The summed E-state index contributed by atoms with van der Waals surface area (Å²) in [5.74, 6) is 1.93. The van der Waals surface area contributed by atoms with Gasteiger partial charge in [0.2, 0.25) is 0 Å². The van der Waals surface area contributed by atoms with Crippen molar-refractivity contribution in [2.45, 2.75) is 25.8 Å². The van der Waals surface area contributed by atoms with Gasteiger partial charge in [-0.15, -0.1) is 10.2 Å². The average molecular weight is 329 g/mol. The molecule has 3 unspecified atom stereocenters. The number of rotatable bonds is 3. The Balaban J connectivity index is 1.39. The molecule has 2 aromatic heterocycles. The quantitative estimate of drug-likeness (QED) is 0.933. The third-order valence-electron chi connectivity index (χ3n) is 5.21. The van der Waals surface area contributed by atoms with Crippen LogP contribution in [0.15, 0.2) is 24.4 Å². The van der Waals surface area contributed by atoms with Gasteiger partial charge < -0.3 is 15.0 Å². The molecule has 2 aromatic rings. The smallest absolute Gasteiger partial charge is 0.317 e. The zero-order valence-electron chi connectivity index (χ0n) is 13.9. The summed E-state index contributed by atoms with van der Waals surface area (Å²) in [5, 5.41) is 11.4. The number of nitrogens with zero attached hydrogens (tertiary/aromatic N) is 4. The lowest BCUT2D eigenvalue weighted by Gasteiger charge is -2.21. The molecular weight excluding hydrogens is 306 g/mol. The van der Waals surface area contributed by atoms with Crippen LogP contribution in [0.2, 0.25) is 0 Å². The van der Waals surface area contributed by atoms with E-state index in [1.165, 1.54) is 0 Å². The van der Waals surface area contributed by atoms with Gasteiger partial charge in [0.25, 0.3) is 0 Å². The Hall–Kier alpha value is -2.15. The molecule has 2 aliphatic rings. The van der Waals surface area contributed by atoms with E-state index < -0.39 is 0 Å². The van der Waals surface area contributed by atoms with Gasteiger partial charge in [-0.2, -0.15) is 0 Å². The van der Waals surface area contributed by atoms with Crippen molar-refractivity contribution in [2.24, 2.45) is 11.8 Å². The number of amides is 2. The van der Waals surface area contributed by atoms with E-state index in [1.807, 2.05) is 40.6 Å². The largest absolute Gasteiger partial charge is 0.381 e. The van der Waals surface area contributed by atoms with Crippen molar-refractivity contribution < 1.29 is 9.53 Å². The Morgan fingerprint density at radius 2 is 2.25 bits per heavy atom. The molecule has 0 spiro atoms. The number of urea groups is 1. The zero-order chi connectivity index (χ0) is 16.5. The molecule has 24 heavy (non-hydrogen) atoms. The molecule has 2 saturated heterocycles. The molecular formula is C17H23N5O2. The molecule has 3 atom stereocenters. The van der Waals surface area contributed by atoms with Gasteiger partial charge in [0, 0.05) is 32.5 Å². The van der Waals surface area contributed by atoms with Crippen LogP contribution in [-0.4, -0.2) is 51.8 Å². The summed E-state index contributed by atoms with van der Waals surface area (Å²) in [5.41, 5.74) is 0.788. The van der Waals surface area contributed by atoms with Gasteiger partial charge in [-0.1, -0.05) is 6.07 Å². The third kappa shape index (κ3) is 2.84. The number of likely N-dealkylation sites (tertiary alicyclic amines) is 1. The lowest BCUT2D eigenvalue weighted by molar-refractivity contribution is 0.170. The average Bonchev–Trinajstić information content (AvgIpc) is 3.33. The van der Waals surface area contributed by atoms with Crippen LogP contribution in [0.3, 0.4) is 0 Å². The van der Waals surface area contributed by atoms with Gasteiger partial charge in [0.05, 0.1) is 6.04 Å². The SMILES string of the molecule is CC(NC(=O)N1CCC(C2CCOC2)C1)c1nnc2ccccn12. The zero-order valence-corrected chi connectivity index (χ0v) is 13.9. The number of carbonyl (C=O) groups excluding carboxylic acids is 1. The highest BCUT2D eigenvalue weighted by molar-refractivity contribution is 5.74. The van der Waals surface area contributed by atoms with Crippen molar-refractivity contribution in [1.29, 1.82) is 0 Å². The molecule has 128 valence electrons. The van der Waals surface area contributed by atoms with E-state index >= 15 is 0 Å². The summed E-state index contributed by atoms with van der Waals surface area (Å²) in [6, 6.07) is 5.55. The van der Waals surface area contributed by atoms with Crippen LogP contribution in [0, 0.1) is 11.8 Å². The molecule has 1 N–H and O–H groups in total. The molecule has 0 aliphatic carbocycles. The number of hydrogen-bond donors (Lipinski definition) is 1. The number of hydrogen-bond acceptors (Lipinski definition) is 4. The summed E-state index contributed by atoms with van der Waals surface area (Å²) < 4.78 is 7.39. The summed E-state index contributed by atoms with van der Waals surface area (Å²) in [7, 11) is 0. The lowest BCUT2D eigenvalue weighted by atomic mass is 9.91. The van der Waals surface area contributed by atoms with Crippen LogP contribution in [0.4, 0.5) is 4.79 Å². The van der Waals surface area contributed by atoms with Crippen LogP contribution in [-0.2, 0) is 4.74 Å². The molecule has 7 nitrogen and oxygen atoms in total.